The van der Waals surface area contributed by atoms with Gasteiger partial charge in [-0.1, -0.05) is 48.5 Å². The van der Waals surface area contributed by atoms with Crippen molar-refractivity contribution >= 4 is 23.5 Å². The minimum atomic E-state index is -0.560. The van der Waals surface area contributed by atoms with Crippen molar-refractivity contribution in [2.75, 3.05) is 26.8 Å². The van der Waals surface area contributed by atoms with E-state index in [-0.39, 0.29) is 24.7 Å². The third-order valence-corrected chi connectivity index (χ3v) is 4.84. The van der Waals surface area contributed by atoms with Crippen LogP contribution in [0.4, 0.5) is 0 Å². The van der Waals surface area contributed by atoms with Gasteiger partial charge in [-0.3, -0.25) is 4.79 Å². The van der Waals surface area contributed by atoms with Crippen molar-refractivity contribution in [2.24, 2.45) is 0 Å². The molecule has 6 nitrogen and oxygen atoms in total. The first-order valence-electron chi connectivity index (χ1n) is 9.98. The Kier molecular flexibility index (Phi) is 7.25. The maximum absolute atomic E-state index is 12.9. The van der Waals surface area contributed by atoms with Crippen LogP contribution < -0.4 is 4.74 Å². The van der Waals surface area contributed by atoms with Gasteiger partial charge in [-0.15, -0.1) is 0 Å². The number of para-hydroxylation sites is 1. The van der Waals surface area contributed by atoms with Crippen LogP contribution in [0.5, 0.6) is 5.75 Å². The minimum Gasteiger partial charge on any atom is -0.496 e. The smallest absolute Gasteiger partial charge is 0.339 e. The fourth-order valence-electron chi connectivity index (χ4n) is 3.50. The average molecular weight is 409 g/mol. The molecule has 0 unspecified atom stereocenters. The lowest BCUT2D eigenvalue weighted by molar-refractivity contribution is -0.154. The van der Waals surface area contributed by atoms with E-state index >= 15 is 0 Å². The van der Waals surface area contributed by atoms with Gasteiger partial charge in [0, 0.05) is 18.7 Å². The topological polar surface area (TPSA) is 65.1 Å². The van der Waals surface area contributed by atoms with Crippen molar-refractivity contribution in [1.29, 1.82) is 0 Å². The van der Waals surface area contributed by atoms with Gasteiger partial charge >= 0.3 is 5.97 Å². The zero-order chi connectivity index (χ0) is 21.5. The van der Waals surface area contributed by atoms with E-state index in [1.54, 1.807) is 18.1 Å². The van der Waals surface area contributed by atoms with Crippen LogP contribution in [0.25, 0.3) is 11.6 Å². The molecule has 0 aromatic heterocycles. The number of ether oxygens (including phenoxy) is 3. The van der Waals surface area contributed by atoms with Crippen LogP contribution in [0.2, 0.25) is 0 Å². The summed E-state index contributed by atoms with van der Waals surface area (Å²) >= 11 is 0. The number of esters is 1. The molecule has 2 aromatic rings. The highest BCUT2D eigenvalue weighted by Crippen LogP contribution is 2.25. The number of carbonyl (C=O) groups excluding carboxylic acids is 2. The Balaban J connectivity index is 1.78. The van der Waals surface area contributed by atoms with Crippen LogP contribution in [-0.4, -0.2) is 55.8 Å². The van der Waals surface area contributed by atoms with Gasteiger partial charge in [0.15, 0.2) is 6.61 Å². The molecule has 6 heteroatoms. The first kappa shape index (κ1) is 21.6. The summed E-state index contributed by atoms with van der Waals surface area (Å²) in [6.45, 7) is 4.51. The average Bonchev–Trinajstić information content (AvgIpc) is 2.75. The third-order valence-electron chi connectivity index (χ3n) is 4.84. The van der Waals surface area contributed by atoms with E-state index in [1.807, 2.05) is 68.4 Å². The molecule has 1 aliphatic heterocycles. The highest BCUT2D eigenvalue weighted by atomic mass is 16.5. The van der Waals surface area contributed by atoms with E-state index in [1.165, 1.54) is 0 Å². The fraction of sp³-hybridized carbons (Fsp3) is 0.333. The zero-order valence-corrected chi connectivity index (χ0v) is 17.5. The van der Waals surface area contributed by atoms with Crippen LogP contribution in [0.15, 0.2) is 54.6 Å². The van der Waals surface area contributed by atoms with Crippen LogP contribution in [0.3, 0.4) is 0 Å². The monoisotopic (exact) mass is 409 g/mol. The highest BCUT2D eigenvalue weighted by molar-refractivity contribution is 6.22. The number of morpholine rings is 1. The maximum Gasteiger partial charge on any atom is 0.339 e. The van der Waals surface area contributed by atoms with Crippen LogP contribution in [0.1, 0.15) is 25.0 Å². The number of hydrogen-bond donors (Lipinski definition) is 0. The molecule has 158 valence electrons. The Morgan fingerprint density at radius 2 is 1.67 bits per heavy atom. The second-order valence-corrected chi connectivity index (χ2v) is 7.30. The quantitative estimate of drug-likeness (QED) is 0.416. The molecule has 0 radical (unpaired) electrons. The molecule has 0 N–H and O–H groups in total. The predicted octanol–water partition coefficient (Wildman–Crippen LogP) is 3.41. The molecule has 1 heterocycles. The van der Waals surface area contributed by atoms with E-state index in [9.17, 15) is 9.59 Å². The van der Waals surface area contributed by atoms with Crippen molar-refractivity contribution in [3.8, 4) is 5.75 Å². The van der Waals surface area contributed by atoms with Gasteiger partial charge in [0.2, 0.25) is 0 Å². The van der Waals surface area contributed by atoms with E-state index < -0.39 is 5.97 Å². The summed E-state index contributed by atoms with van der Waals surface area (Å²) in [6, 6.07) is 16.6. The van der Waals surface area contributed by atoms with Crippen LogP contribution in [0, 0.1) is 0 Å². The highest BCUT2D eigenvalue weighted by Gasteiger charge is 2.27. The number of hydrogen-bond acceptors (Lipinski definition) is 5. The van der Waals surface area contributed by atoms with E-state index in [0.717, 1.165) is 5.56 Å². The molecular formula is C24H27NO5. The van der Waals surface area contributed by atoms with E-state index in [2.05, 4.69) is 0 Å². The first-order valence-corrected chi connectivity index (χ1v) is 9.98. The van der Waals surface area contributed by atoms with E-state index in [4.69, 9.17) is 14.2 Å². The summed E-state index contributed by atoms with van der Waals surface area (Å²) in [4.78, 5) is 27.2. The van der Waals surface area contributed by atoms with Gasteiger partial charge in [0.25, 0.3) is 5.91 Å². The summed E-state index contributed by atoms with van der Waals surface area (Å²) in [5.41, 5.74) is 1.81. The largest absolute Gasteiger partial charge is 0.496 e. The SMILES string of the molecule is COc1ccccc1/C=C(/C(=O)OCC(=O)N1C[C@@H](C)O[C@H](C)C1)c1ccccc1. The normalized spacial score (nSPS) is 19.3. The van der Waals surface area contributed by atoms with Gasteiger partial charge in [-0.2, -0.15) is 0 Å². The summed E-state index contributed by atoms with van der Waals surface area (Å²) in [5, 5.41) is 0. The van der Waals surface area contributed by atoms with Crippen molar-refractivity contribution in [2.45, 2.75) is 26.1 Å². The molecule has 2 atom stereocenters. The van der Waals surface area contributed by atoms with Gasteiger partial charge in [-0.05, 0) is 31.6 Å². The zero-order valence-electron chi connectivity index (χ0n) is 17.5. The Morgan fingerprint density at radius 3 is 2.33 bits per heavy atom. The molecule has 0 bridgehead atoms. The number of nitrogens with zero attached hydrogens (tertiary/aromatic N) is 1. The second-order valence-electron chi connectivity index (χ2n) is 7.30. The standard InChI is InChI=1S/C24H27NO5/c1-17-14-25(15-18(2)30-17)23(26)16-29-24(27)21(19-9-5-4-6-10-19)13-20-11-7-8-12-22(20)28-3/h4-13,17-18H,14-16H2,1-3H3/b21-13+/t17-,18-/m1/s1. The predicted molar refractivity (Wildman–Crippen MR) is 115 cm³/mol. The molecule has 1 saturated heterocycles. The first-order chi connectivity index (χ1) is 14.5. The molecule has 0 spiro atoms. The number of carbonyl (C=O) groups is 2. The Labute approximate surface area is 177 Å². The lowest BCUT2D eigenvalue weighted by atomic mass is 10.0. The minimum absolute atomic E-state index is 0.0428. The van der Waals surface area contributed by atoms with Crippen molar-refractivity contribution in [3.63, 3.8) is 0 Å². The Hall–Kier alpha value is -3.12. The molecular weight excluding hydrogens is 382 g/mol. The third kappa shape index (κ3) is 5.48. The summed E-state index contributed by atoms with van der Waals surface area (Å²) in [5.74, 6) is -0.143. The summed E-state index contributed by atoms with van der Waals surface area (Å²) in [7, 11) is 1.58. The second kappa shape index (κ2) is 10.1. The molecule has 30 heavy (non-hydrogen) atoms. The molecule has 1 aliphatic rings. The van der Waals surface area contributed by atoms with Crippen molar-refractivity contribution < 1.29 is 23.8 Å². The van der Waals surface area contributed by atoms with Crippen molar-refractivity contribution in [3.05, 3.63) is 65.7 Å². The van der Waals surface area contributed by atoms with Gasteiger partial charge in [-0.25, -0.2) is 4.79 Å². The van der Waals surface area contributed by atoms with Crippen LogP contribution in [-0.2, 0) is 19.1 Å². The molecule has 0 saturated carbocycles. The fourth-order valence-corrected chi connectivity index (χ4v) is 3.50. The van der Waals surface area contributed by atoms with Gasteiger partial charge in [0.05, 0.1) is 24.9 Å². The number of amides is 1. The van der Waals surface area contributed by atoms with Crippen LogP contribution >= 0.6 is 0 Å². The number of rotatable bonds is 6. The molecule has 1 fully saturated rings. The summed E-state index contributed by atoms with van der Waals surface area (Å²) < 4.78 is 16.5. The van der Waals surface area contributed by atoms with E-state index in [0.29, 0.717) is 30.0 Å². The molecule has 1 amide bonds. The van der Waals surface area contributed by atoms with Gasteiger partial charge < -0.3 is 19.1 Å². The molecule has 3 rings (SSSR count). The van der Waals surface area contributed by atoms with Crippen molar-refractivity contribution in [1.82, 2.24) is 4.90 Å². The maximum atomic E-state index is 12.9. The Bertz CT molecular complexity index is 899. The lowest BCUT2D eigenvalue weighted by Gasteiger charge is -2.35. The molecule has 2 aromatic carbocycles. The number of methoxy groups -OCH3 is 1. The van der Waals surface area contributed by atoms with Gasteiger partial charge in [0.1, 0.15) is 5.75 Å². The lowest BCUT2D eigenvalue weighted by Crippen LogP contribution is -2.49. The summed E-state index contributed by atoms with van der Waals surface area (Å²) in [6.07, 6.45) is 1.64. The Morgan fingerprint density at radius 1 is 1.03 bits per heavy atom. The number of benzene rings is 2. The molecule has 0 aliphatic carbocycles.